The fourth-order valence-electron chi connectivity index (χ4n) is 2.39. The van der Waals surface area contributed by atoms with Crippen LogP contribution < -0.4 is 5.73 Å². The van der Waals surface area contributed by atoms with Crippen molar-refractivity contribution in [1.82, 2.24) is 9.88 Å². The molecule has 0 fully saturated rings. The molecule has 0 spiro atoms. The first kappa shape index (κ1) is 14.3. The second-order valence-corrected chi connectivity index (χ2v) is 6.81. The molecule has 3 nitrogen and oxygen atoms in total. The zero-order chi connectivity index (χ0) is 14.0. The largest absolute Gasteiger partial charge is 0.375 e. The Morgan fingerprint density at radius 3 is 2.74 bits per heavy atom. The van der Waals surface area contributed by atoms with Gasteiger partial charge in [0.05, 0.1) is 10.2 Å². The highest BCUT2D eigenvalue weighted by Crippen LogP contribution is 2.25. The van der Waals surface area contributed by atoms with Crippen molar-refractivity contribution in [3.05, 3.63) is 23.8 Å². The van der Waals surface area contributed by atoms with Gasteiger partial charge in [-0.1, -0.05) is 31.3 Å². The van der Waals surface area contributed by atoms with Gasteiger partial charge < -0.3 is 5.73 Å². The van der Waals surface area contributed by atoms with E-state index in [0.717, 1.165) is 18.0 Å². The van der Waals surface area contributed by atoms with E-state index in [1.807, 2.05) is 0 Å². The van der Waals surface area contributed by atoms with Crippen LogP contribution in [0, 0.1) is 5.92 Å². The highest BCUT2D eigenvalue weighted by Gasteiger charge is 2.12. The predicted octanol–water partition coefficient (Wildman–Crippen LogP) is 3.74. The summed E-state index contributed by atoms with van der Waals surface area (Å²) in [6.45, 7) is 7.82. The lowest BCUT2D eigenvalue weighted by Gasteiger charge is -2.26. The van der Waals surface area contributed by atoms with Crippen molar-refractivity contribution < 1.29 is 0 Å². The fraction of sp³-hybridized carbons (Fsp3) is 0.533. The molecule has 0 bridgehead atoms. The van der Waals surface area contributed by atoms with E-state index in [9.17, 15) is 0 Å². The average Bonchev–Trinajstić information content (AvgIpc) is 2.67. The van der Waals surface area contributed by atoms with Crippen molar-refractivity contribution in [2.75, 3.05) is 12.8 Å². The number of benzene rings is 1. The molecule has 0 aliphatic heterocycles. The van der Waals surface area contributed by atoms with Crippen molar-refractivity contribution in [1.29, 1.82) is 0 Å². The zero-order valence-corrected chi connectivity index (χ0v) is 13.0. The molecule has 0 saturated heterocycles. The number of rotatable bonds is 5. The number of fused-ring (bicyclic) bond motifs is 1. The van der Waals surface area contributed by atoms with Gasteiger partial charge in [-0.15, -0.1) is 0 Å². The van der Waals surface area contributed by atoms with Gasteiger partial charge in [0.1, 0.15) is 0 Å². The average molecular weight is 277 g/mol. The number of nitrogens with zero attached hydrogens (tertiary/aromatic N) is 2. The van der Waals surface area contributed by atoms with Crippen LogP contribution >= 0.6 is 11.3 Å². The number of thiazole rings is 1. The lowest BCUT2D eigenvalue weighted by atomic mass is 10.0. The van der Waals surface area contributed by atoms with Crippen LogP contribution in [0.1, 0.15) is 32.8 Å². The van der Waals surface area contributed by atoms with Crippen LogP contribution in [0.25, 0.3) is 10.2 Å². The highest BCUT2D eigenvalue weighted by atomic mass is 32.1. The van der Waals surface area contributed by atoms with Crippen molar-refractivity contribution >= 4 is 26.7 Å². The molecule has 0 radical (unpaired) electrons. The third-order valence-electron chi connectivity index (χ3n) is 3.47. The minimum absolute atomic E-state index is 0.599. The molecule has 0 aliphatic rings. The molecule has 0 aliphatic carbocycles. The Kier molecular flexibility index (Phi) is 4.42. The second kappa shape index (κ2) is 5.88. The molecule has 1 aromatic heterocycles. The SMILES string of the molecule is CC(C)CC(C)N(C)Cc1ccc2nc(N)sc2c1. The molecule has 0 amide bonds. The van der Waals surface area contributed by atoms with E-state index in [2.05, 4.69) is 55.9 Å². The lowest BCUT2D eigenvalue weighted by Crippen LogP contribution is -2.29. The van der Waals surface area contributed by atoms with Gasteiger partial charge in [0.2, 0.25) is 0 Å². The van der Waals surface area contributed by atoms with Crippen LogP contribution in [-0.2, 0) is 6.54 Å². The van der Waals surface area contributed by atoms with Crippen LogP contribution in [0.15, 0.2) is 18.2 Å². The fourth-order valence-corrected chi connectivity index (χ4v) is 3.19. The van der Waals surface area contributed by atoms with E-state index in [1.165, 1.54) is 16.7 Å². The molecule has 0 saturated carbocycles. The smallest absolute Gasteiger partial charge is 0.181 e. The second-order valence-electron chi connectivity index (χ2n) is 5.75. The summed E-state index contributed by atoms with van der Waals surface area (Å²) < 4.78 is 1.18. The summed E-state index contributed by atoms with van der Waals surface area (Å²) >= 11 is 1.56. The Bertz CT molecular complexity index is 547. The van der Waals surface area contributed by atoms with Crippen LogP contribution in [0.2, 0.25) is 0 Å². The molecule has 1 unspecified atom stereocenters. The van der Waals surface area contributed by atoms with E-state index < -0.39 is 0 Å². The molecule has 1 atom stereocenters. The lowest BCUT2D eigenvalue weighted by molar-refractivity contribution is 0.220. The van der Waals surface area contributed by atoms with Crippen LogP contribution in [0.5, 0.6) is 0 Å². The molecule has 1 heterocycles. The van der Waals surface area contributed by atoms with Crippen molar-refractivity contribution in [3.63, 3.8) is 0 Å². The van der Waals surface area contributed by atoms with Gasteiger partial charge in [0.15, 0.2) is 5.13 Å². The molecule has 2 aromatic rings. The van der Waals surface area contributed by atoms with Gasteiger partial charge in [-0.2, -0.15) is 0 Å². The molecular formula is C15H23N3S. The standard InChI is InChI=1S/C15H23N3S/c1-10(2)7-11(3)18(4)9-12-5-6-13-14(8-12)19-15(16)17-13/h5-6,8,10-11H,7,9H2,1-4H3,(H2,16,17). The Morgan fingerprint density at radius 1 is 1.32 bits per heavy atom. The number of nitrogens with two attached hydrogens (primary N) is 1. The number of hydrogen-bond donors (Lipinski definition) is 1. The van der Waals surface area contributed by atoms with Crippen molar-refractivity contribution in [3.8, 4) is 0 Å². The van der Waals surface area contributed by atoms with Gasteiger partial charge >= 0.3 is 0 Å². The van der Waals surface area contributed by atoms with Gasteiger partial charge in [-0.25, -0.2) is 4.98 Å². The molecule has 19 heavy (non-hydrogen) atoms. The number of anilines is 1. The summed E-state index contributed by atoms with van der Waals surface area (Å²) in [6.07, 6.45) is 1.23. The summed E-state index contributed by atoms with van der Waals surface area (Å²) in [5.41, 5.74) is 8.07. The van der Waals surface area contributed by atoms with E-state index in [0.29, 0.717) is 11.2 Å². The Hall–Kier alpha value is -1.13. The molecule has 2 rings (SSSR count). The summed E-state index contributed by atoms with van der Waals surface area (Å²) in [4.78, 5) is 6.70. The Balaban J connectivity index is 2.07. The van der Waals surface area contributed by atoms with E-state index in [4.69, 9.17) is 5.73 Å². The maximum atomic E-state index is 5.74. The molecule has 1 aromatic carbocycles. The van der Waals surface area contributed by atoms with E-state index in [-0.39, 0.29) is 0 Å². The summed E-state index contributed by atoms with van der Waals surface area (Å²) in [5.74, 6) is 0.737. The van der Waals surface area contributed by atoms with Crippen LogP contribution in [0.3, 0.4) is 0 Å². The monoisotopic (exact) mass is 277 g/mol. The summed E-state index contributed by atoms with van der Waals surface area (Å²) in [5, 5.41) is 0.647. The maximum absolute atomic E-state index is 5.74. The van der Waals surface area contributed by atoms with Crippen molar-refractivity contribution in [2.24, 2.45) is 5.92 Å². The van der Waals surface area contributed by atoms with Gasteiger partial charge in [0.25, 0.3) is 0 Å². The normalized spacial score (nSPS) is 13.6. The zero-order valence-electron chi connectivity index (χ0n) is 12.2. The molecular weight excluding hydrogens is 254 g/mol. The Labute approximate surface area is 119 Å². The summed E-state index contributed by atoms with van der Waals surface area (Å²) in [6, 6.07) is 7.03. The topological polar surface area (TPSA) is 42.2 Å². The van der Waals surface area contributed by atoms with Crippen LogP contribution in [0.4, 0.5) is 5.13 Å². The quantitative estimate of drug-likeness (QED) is 0.905. The minimum Gasteiger partial charge on any atom is -0.375 e. The predicted molar refractivity (Wildman–Crippen MR) is 84.4 cm³/mol. The molecule has 2 N–H and O–H groups in total. The first-order valence-electron chi connectivity index (χ1n) is 6.81. The third-order valence-corrected chi connectivity index (χ3v) is 4.31. The van der Waals surface area contributed by atoms with Crippen molar-refractivity contribution in [2.45, 2.75) is 39.8 Å². The minimum atomic E-state index is 0.599. The van der Waals surface area contributed by atoms with Gasteiger partial charge in [-0.3, -0.25) is 4.90 Å². The highest BCUT2D eigenvalue weighted by molar-refractivity contribution is 7.22. The summed E-state index contributed by atoms with van der Waals surface area (Å²) in [7, 11) is 2.19. The first-order chi connectivity index (χ1) is 8.95. The number of aromatic nitrogens is 1. The molecule has 104 valence electrons. The van der Waals surface area contributed by atoms with E-state index in [1.54, 1.807) is 11.3 Å². The number of hydrogen-bond acceptors (Lipinski definition) is 4. The Morgan fingerprint density at radius 2 is 2.05 bits per heavy atom. The van der Waals surface area contributed by atoms with Crippen LogP contribution in [-0.4, -0.2) is 23.0 Å². The number of nitrogen functional groups attached to an aromatic ring is 1. The first-order valence-corrected chi connectivity index (χ1v) is 7.62. The van der Waals surface area contributed by atoms with Gasteiger partial charge in [0, 0.05) is 12.6 Å². The maximum Gasteiger partial charge on any atom is 0.181 e. The van der Waals surface area contributed by atoms with Gasteiger partial charge in [-0.05, 0) is 44.0 Å². The van der Waals surface area contributed by atoms with E-state index >= 15 is 0 Å². The molecule has 4 heteroatoms. The third kappa shape index (κ3) is 3.67.